The second-order valence-electron chi connectivity index (χ2n) is 7.49. The normalized spacial score (nSPS) is 25.1. The van der Waals surface area contributed by atoms with Crippen LogP contribution < -0.4 is 10.6 Å². The Morgan fingerprint density at radius 1 is 1.19 bits per heavy atom. The van der Waals surface area contributed by atoms with E-state index in [0.717, 1.165) is 30.8 Å². The maximum Gasteiger partial charge on any atom is 0.319 e. The highest BCUT2D eigenvalue weighted by molar-refractivity contribution is 7.98. The van der Waals surface area contributed by atoms with Crippen LogP contribution in [-0.4, -0.2) is 35.3 Å². The van der Waals surface area contributed by atoms with Crippen LogP contribution in [0.4, 0.5) is 10.5 Å². The predicted molar refractivity (Wildman–Crippen MR) is 109 cm³/mol. The Morgan fingerprint density at radius 3 is 2.56 bits per heavy atom. The van der Waals surface area contributed by atoms with E-state index in [1.807, 2.05) is 36.6 Å². The van der Waals surface area contributed by atoms with Crippen molar-refractivity contribution in [1.29, 1.82) is 0 Å². The molecule has 1 aromatic heterocycles. The van der Waals surface area contributed by atoms with Gasteiger partial charge in [0.25, 0.3) is 0 Å². The molecule has 0 saturated carbocycles. The van der Waals surface area contributed by atoms with E-state index in [2.05, 4.69) is 21.6 Å². The lowest BCUT2D eigenvalue weighted by Gasteiger charge is -2.48. The van der Waals surface area contributed by atoms with E-state index in [-0.39, 0.29) is 12.1 Å². The largest absolute Gasteiger partial charge is 0.468 e. The molecule has 2 N–H and O–H groups in total. The fraction of sp³-hybridized carbons (Fsp3) is 0.476. The van der Waals surface area contributed by atoms with Crippen molar-refractivity contribution in [1.82, 2.24) is 10.2 Å². The lowest BCUT2D eigenvalue weighted by atomic mass is 9.81. The molecule has 1 aromatic carbocycles. The molecule has 0 aliphatic carbocycles. The number of carbonyl (C=O) groups is 1. The van der Waals surface area contributed by atoms with Gasteiger partial charge in [0.15, 0.2) is 0 Å². The highest BCUT2D eigenvalue weighted by Crippen LogP contribution is 2.35. The Balaban J connectivity index is 1.33. The Morgan fingerprint density at radius 2 is 1.93 bits per heavy atom. The summed E-state index contributed by atoms with van der Waals surface area (Å²) in [7, 11) is 0. The van der Waals surface area contributed by atoms with Gasteiger partial charge in [0.1, 0.15) is 5.76 Å². The maximum atomic E-state index is 12.4. The van der Waals surface area contributed by atoms with Crippen LogP contribution in [0, 0.1) is 0 Å². The van der Waals surface area contributed by atoms with Crippen molar-refractivity contribution in [2.24, 2.45) is 0 Å². The molecule has 2 atom stereocenters. The van der Waals surface area contributed by atoms with Crippen LogP contribution in [0.2, 0.25) is 0 Å². The summed E-state index contributed by atoms with van der Waals surface area (Å²) in [5.74, 6) is 1.03. The standard InChI is InChI=1S/C21H27N3O2S/c1-27-20-9-7-15(8-10-20)22-21(25)23-16-12-17-4-2-5-18(13-16)24(17)14-19-6-3-11-26-19/h3,6-11,16-18H,2,4-5,12-14H2,1H3,(H2,22,23,25)/t17-,18-/m0/s1. The van der Waals surface area contributed by atoms with E-state index in [1.54, 1.807) is 18.0 Å². The molecule has 2 aromatic rings. The molecule has 27 heavy (non-hydrogen) atoms. The SMILES string of the molecule is CSc1ccc(NC(=O)NC2C[C@@H]3CCC[C@@H](C2)N3Cc2ccco2)cc1. The third kappa shape index (κ3) is 4.50. The number of hydrogen-bond donors (Lipinski definition) is 2. The van der Waals surface area contributed by atoms with Crippen molar-refractivity contribution in [2.75, 3.05) is 11.6 Å². The van der Waals surface area contributed by atoms with E-state index in [0.29, 0.717) is 12.1 Å². The van der Waals surface area contributed by atoms with Gasteiger partial charge in [-0.3, -0.25) is 4.90 Å². The maximum absolute atomic E-state index is 12.4. The van der Waals surface area contributed by atoms with Crippen molar-refractivity contribution in [2.45, 2.75) is 61.7 Å². The molecule has 2 aliphatic rings. The Bertz CT molecular complexity index is 733. The summed E-state index contributed by atoms with van der Waals surface area (Å²) in [6.45, 7) is 0.878. The van der Waals surface area contributed by atoms with Crippen molar-refractivity contribution in [3.63, 3.8) is 0 Å². The molecule has 2 bridgehead atoms. The number of anilines is 1. The third-order valence-corrected chi connectivity index (χ3v) is 6.47. The van der Waals surface area contributed by atoms with Gasteiger partial charge in [-0.1, -0.05) is 6.42 Å². The molecular weight excluding hydrogens is 358 g/mol. The van der Waals surface area contributed by atoms with Crippen LogP contribution in [0.15, 0.2) is 52.0 Å². The van der Waals surface area contributed by atoms with Crippen LogP contribution in [0.5, 0.6) is 0 Å². The quantitative estimate of drug-likeness (QED) is 0.732. The lowest BCUT2D eigenvalue weighted by Crippen LogP contribution is -2.56. The van der Waals surface area contributed by atoms with E-state index >= 15 is 0 Å². The molecule has 0 radical (unpaired) electrons. The predicted octanol–water partition coefficient (Wildman–Crippen LogP) is 4.71. The summed E-state index contributed by atoms with van der Waals surface area (Å²) in [6.07, 6.45) is 9.50. The average Bonchev–Trinajstić information content (AvgIpc) is 3.16. The van der Waals surface area contributed by atoms with Gasteiger partial charge in [-0.2, -0.15) is 0 Å². The van der Waals surface area contributed by atoms with Gasteiger partial charge in [-0.25, -0.2) is 4.79 Å². The number of fused-ring (bicyclic) bond motifs is 2. The second-order valence-corrected chi connectivity index (χ2v) is 8.37. The van der Waals surface area contributed by atoms with Crippen LogP contribution in [0.1, 0.15) is 37.9 Å². The molecule has 2 fully saturated rings. The molecule has 144 valence electrons. The number of amides is 2. The minimum absolute atomic E-state index is 0.102. The molecule has 2 amide bonds. The number of carbonyl (C=O) groups excluding carboxylic acids is 1. The number of urea groups is 1. The second kappa shape index (κ2) is 8.40. The van der Waals surface area contributed by atoms with E-state index in [9.17, 15) is 4.79 Å². The zero-order valence-electron chi connectivity index (χ0n) is 15.7. The summed E-state index contributed by atoms with van der Waals surface area (Å²) in [5.41, 5.74) is 0.834. The fourth-order valence-corrected chi connectivity index (χ4v) is 4.87. The zero-order chi connectivity index (χ0) is 18.6. The molecule has 4 rings (SSSR count). The van der Waals surface area contributed by atoms with Gasteiger partial charge in [0.2, 0.25) is 0 Å². The van der Waals surface area contributed by atoms with Gasteiger partial charge in [0.05, 0.1) is 12.8 Å². The number of thioether (sulfide) groups is 1. The van der Waals surface area contributed by atoms with Crippen molar-refractivity contribution < 1.29 is 9.21 Å². The van der Waals surface area contributed by atoms with Crippen LogP contribution >= 0.6 is 11.8 Å². The monoisotopic (exact) mass is 385 g/mol. The summed E-state index contributed by atoms with van der Waals surface area (Å²) >= 11 is 1.70. The highest BCUT2D eigenvalue weighted by atomic mass is 32.2. The summed E-state index contributed by atoms with van der Waals surface area (Å²) in [6, 6.07) is 13.1. The fourth-order valence-electron chi connectivity index (χ4n) is 4.46. The summed E-state index contributed by atoms with van der Waals surface area (Å²) in [5, 5.41) is 6.16. The average molecular weight is 386 g/mol. The first-order valence-electron chi connectivity index (χ1n) is 9.71. The van der Waals surface area contributed by atoms with Gasteiger partial charge in [0, 0.05) is 28.7 Å². The van der Waals surface area contributed by atoms with Gasteiger partial charge in [-0.05, 0) is 68.3 Å². The van der Waals surface area contributed by atoms with Crippen molar-refractivity contribution >= 4 is 23.5 Å². The number of benzene rings is 1. The zero-order valence-corrected chi connectivity index (χ0v) is 16.5. The van der Waals surface area contributed by atoms with E-state index < -0.39 is 0 Å². The Labute approximate surface area is 164 Å². The molecule has 2 saturated heterocycles. The number of furan rings is 1. The van der Waals surface area contributed by atoms with Crippen LogP contribution in [-0.2, 0) is 6.54 Å². The van der Waals surface area contributed by atoms with Crippen molar-refractivity contribution in [3.05, 3.63) is 48.4 Å². The van der Waals surface area contributed by atoms with E-state index in [1.165, 1.54) is 24.2 Å². The number of nitrogens with one attached hydrogen (secondary N) is 2. The molecule has 0 unspecified atom stereocenters. The first kappa shape index (κ1) is 18.4. The van der Waals surface area contributed by atoms with Gasteiger partial charge < -0.3 is 15.1 Å². The summed E-state index contributed by atoms with van der Waals surface area (Å²) < 4.78 is 5.55. The minimum atomic E-state index is -0.102. The molecule has 6 heteroatoms. The van der Waals surface area contributed by atoms with Gasteiger partial charge in [-0.15, -0.1) is 11.8 Å². The number of piperidine rings is 2. The minimum Gasteiger partial charge on any atom is -0.468 e. The first-order valence-corrected chi connectivity index (χ1v) is 10.9. The smallest absolute Gasteiger partial charge is 0.319 e. The number of nitrogens with zero attached hydrogens (tertiary/aromatic N) is 1. The topological polar surface area (TPSA) is 57.5 Å². The molecule has 2 aliphatic heterocycles. The van der Waals surface area contributed by atoms with Gasteiger partial charge >= 0.3 is 6.03 Å². The highest BCUT2D eigenvalue weighted by Gasteiger charge is 2.38. The Kier molecular flexibility index (Phi) is 5.74. The first-order chi connectivity index (χ1) is 13.2. The third-order valence-electron chi connectivity index (χ3n) is 5.73. The molecule has 5 nitrogen and oxygen atoms in total. The molecular formula is C21H27N3O2S. The molecule has 0 spiro atoms. The van der Waals surface area contributed by atoms with E-state index in [4.69, 9.17) is 4.42 Å². The molecule has 3 heterocycles. The van der Waals surface area contributed by atoms with Crippen LogP contribution in [0.3, 0.4) is 0 Å². The number of rotatable bonds is 5. The lowest BCUT2D eigenvalue weighted by molar-refractivity contribution is 0.0150. The summed E-state index contributed by atoms with van der Waals surface area (Å²) in [4.78, 5) is 16.2. The Hall–Kier alpha value is -1.92. The van der Waals surface area contributed by atoms with Crippen molar-refractivity contribution in [3.8, 4) is 0 Å². The van der Waals surface area contributed by atoms with Crippen LogP contribution in [0.25, 0.3) is 0 Å². The number of hydrogen-bond acceptors (Lipinski definition) is 4.